The molecule has 2 heteroatoms. The van der Waals surface area contributed by atoms with Crippen LogP contribution >= 0.6 is 0 Å². The van der Waals surface area contributed by atoms with Gasteiger partial charge in [-0.3, -0.25) is 0 Å². The summed E-state index contributed by atoms with van der Waals surface area (Å²) < 4.78 is 2.28. The van der Waals surface area contributed by atoms with Gasteiger partial charge in [0, 0.05) is 16.5 Å². The van der Waals surface area contributed by atoms with E-state index in [2.05, 4.69) is 138 Å². The fourth-order valence-electron chi connectivity index (χ4n) is 6.90. The van der Waals surface area contributed by atoms with Crippen LogP contribution < -0.4 is 0 Å². The number of aromatic nitrogens is 1. The zero-order chi connectivity index (χ0) is 28.5. The van der Waals surface area contributed by atoms with Crippen LogP contribution in [-0.4, -0.2) is 4.57 Å². The van der Waals surface area contributed by atoms with Crippen LogP contribution in [0.25, 0.3) is 82.1 Å². The Morgan fingerprint density at radius 2 is 0.977 bits per heavy atom. The minimum Gasteiger partial charge on any atom is -0.309 e. The molecule has 0 atom stereocenters. The summed E-state index contributed by atoms with van der Waals surface area (Å²) in [6.45, 7) is 0. The first-order valence-electron chi connectivity index (χ1n) is 14.6. The molecule has 1 aromatic heterocycles. The van der Waals surface area contributed by atoms with Gasteiger partial charge in [-0.15, -0.1) is 0 Å². The van der Waals surface area contributed by atoms with Gasteiger partial charge in [0.05, 0.1) is 22.7 Å². The van der Waals surface area contributed by atoms with Crippen molar-refractivity contribution in [3.05, 3.63) is 151 Å². The molecule has 0 N–H and O–H groups in total. The van der Waals surface area contributed by atoms with Gasteiger partial charge in [0.1, 0.15) is 0 Å². The van der Waals surface area contributed by atoms with Crippen LogP contribution in [0.15, 0.2) is 146 Å². The molecule has 8 aromatic carbocycles. The SMILES string of the molecule is N#Cc1ccc2c(c1)c1cc(-c3ccc(-c4cc5ccc6cccc7ccc(c4)c5c67)cc3)ccc1n2-c1ccccc1. The molecule has 9 rings (SSSR count). The van der Waals surface area contributed by atoms with Crippen molar-refractivity contribution in [2.24, 2.45) is 0 Å². The lowest BCUT2D eigenvalue weighted by Gasteiger charge is -2.13. The Bertz CT molecular complexity index is 2480. The maximum atomic E-state index is 9.63. The van der Waals surface area contributed by atoms with Gasteiger partial charge in [-0.25, -0.2) is 0 Å². The van der Waals surface area contributed by atoms with Gasteiger partial charge in [-0.2, -0.15) is 5.26 Å². The minimum atomic E-state index is 0.669. The average molecular weight is 545 g/mol. The number of para-hydroxylation sites is 1. The molecule has 0 saturated carbocycles. The molecule has 0 amide bonds. The van der Waals surface area contributed by atoms with E-state index >= 15 is 0 Å². The van der Waals surface area contributed by atoms with Crippen molar-refractivity contribution in [3.63, 3.8) is 0 Å². The molecule has 0 spiro atoms. The Morgan fingerprint density at radius 3 is 1.65 bits per heavy atom. The number of rotatable bonds is 3. The van der Waals surface area contributed by atoms with E-state index in [1.807, 2.05) is 18.2 Å². The Labute approximate surface area is 248 Å². The third-order valence-corrected chi connectivity index (χ3v) is 8.92. The number of hydrogen-bond acceptors (Lipinski definition) is 1. The van der Waals surface area contributed by atoms with Gasteiger partial charge in [-0.1, -0.05) is 91.0 Å². The lowest BCUT2D eigenvalue weighted by molar-refractivity contribution is 1.18. The van der Waals surface area contributed by atoms with E-state index in [1.165, 1.54) is 49.0 Å². The van der Waals surface area contributed by atoms with Crippen molar-refractivity contribution in [1.82, 2.24) is 4.57 Å². The maximum absolute atomic E-state index is 9.63. The van der Waals surface area contributed by atoms with Gasteiger partial charge in [-0.05, 0) is 109 Å². The first-order chi connectivity index (χ1) is 21.2. The number of nitriles is 1. The summed E-state index contributed by atoms with van der Waals surface area (Å²) in [5.74, 6) is 0. The molecule has 0 unspecified atom stereocenters. The monoisotopic (exact) mass is 544 g/mol. The molecule has 198 valence electrons. The number of benzene rings is 8. The number of fused-ring (bicyclic) bond motifs is 3. The highest BCUT2D eigenvalue weighted by Gasteiger charge is 2.15. The Morgan fingerprint density at radius 1 is 0.419 bits per heavy atom. The topological polar surface area (TPSA) is 28.7 Å². The second-order valence-corrected chi connectivity index (χ2v) is 11.3. The Kier molecular flexibility index (Phi) is 5.00. The second kappa shape index (κ2) is 9.05. The van der Waals surface area contributed by atoms with E-state index in [0.717, 1.165) is 33.1 Å². The summed E-state index contributed by atoms with van der Waals surface area (Å²) in [5.41, 5.74) is 8.76. The van der Waals surface area contributed by atoms with E-state index in [4.69, 9.17) is 0 Å². The van der Waals surface area contributed by atoms with Crippen molar-refractivity contribution in [2.75, 3.05) is 0 Å². The zero-order valence-electron chi connectivity index (χ0n) is 23.3. The van der Waals surface area contributed by atoms with Gasteiger partial charge in [0.25, 0.3) is 0 Å². The molecular weight excluding hydrogens is 520 g/mol. The fourth-order valence-corrected chi connectivity index (χ4v) is 6.90. The van der Waals surface area contributed by atoms with Crippen LogP contribution in [0.5, 0.6) is 0 Å². The molecular formula is C41H24N2. The van der Waals surface area contributed by atoms with E-state index in [9.17, 15) is 5.26 Å². The first kappa shape index (κ1) is 23.8. The molecule has 0 aliphatic heterocycles. The van der Waals surface area contributed by atoms with Crippen LogP contribution in [0.2, 0.25) is 0 Å². The lowest BCUT2D eigenvalue weighted by atomic mass is 9.91. The van der Waals surface area contributed by atoms with E-state index in [-0.39, 0.29) is 0 Å². The average Bonchev–Trinajstić information content (AvgIpc) is 3.40. The van der Waals surface area contributed by atoms with E-state index in [0.29, 0.717) is 5.56 Å². The minimum absolute atomic E-state index is 0.669. The predicted octanol–water partition coefficient (Wildman–Crippen LogP) is 10.9. The van der Waals surface area contributed by atoms with Crippen molar-refractivity contribution < 1.29 is 0 Å². The molecule has 9 aromatic rings. The summed E-state index contributed by atoms with van der Waals surface area (Å²) in [6, 6.07) is 54.4. The third kappa shape index (κ3) is 3.59. The fraction of sp³-hybridized carbons (Fsp3) is 0. The molecule has 0 fully saturated rings. The van der Waals surface area contributed by atoms with Gasteiger partial charge in [0.15, 0.2) is 0 Å². The summed E-state index contributed by atoms with van der Waals surface area (Å²) in [4.78, 5) is 0. The van der Waals surface area contributed by atoms with Gasteiger partial charge >= 0.3 is 0 Å². The standard InChI is InChI=1S/C41H24N2/c42-25-26-9-19-38-36(21-26)37-24-31(18-20-39(37)43(38)35-7-2-1-3-8-35)27-10-12-28(13-11-27)34-22-32-16-14-29-5-4-6-30-15-17-33(23-34)41(32)40(29)30/h1-24H. The van der Waals surface area contributed by atoms with Gasteiger partial charge < -0.3 is 4.57 Å². The van der Waals surface area contributed by atoms with Gasteiger partial charge in [0.2, 0.25) is 0 Å². The third-order valence-electron chi connectivity index (χ3n) is 8.92. The van der Waals surface area contributed by atoms with Crippen molar-refractivity contribution >= 4 is 54.1 Å². The Hall–Kier alpha value is -5.91. The largest absolute Gasteiger partial charge is 0.309 e. The molecule has 0 saturated heterocycles. The van der Waals surface area contributed by atoms with Crippen molar-refractivity contribution in [1.29, 1.82) is 5.26 Å². The summed E-state index contributed by atoms with van der Waals surface area (Å²) in [6.07, 6.45) is 0. The second-order valence-electron chi connectivity index (χ2n) is 11.3. The summed E-state index contributed by atoms with van der Waals surface area (Å²) in [7, 11) is 0. The predicted molar refractivity (Wildman–Crippen MR) is 180 cm³/mol. The maximum Gasteiger partial charge on any atom is 0.0991 e. The molecule has 2 nitrogen and oxygen atoms in total. The highest BCUT2D eigenvalue weighted by atomic mass is 15.0. The summed E-state index contributed by atoms with van der Waals surface area (Å²) >= 11 is 0. The zero-order valence-corrected chi connectivity index (χ0v) is 23.3. The smallest absolute Gasteiger partial charge is 0.0991 e. The number of hydrogen-bond donors (Lipinski definition) is 0. The quantitative estimate of drug-likeness (QED) is 0.203. The highest BCUT2D eigenvalue weighted by Crippen LogP contribution is 2.39. The first-order valence-corrected chi connectivity index (χ1v) is 14.6. The Balaban J connectivity index is 1.16. The molecule has 1 heterocycles. The molecule has 0 aliphatic carbocycles. The summed E-state index contributed by atoms with van der Waals surface area (Å²) in [5, 5.41) is 19.7. The lowest BCUT2D eigenvalue weighted by Crippen LogP contribution is -1.93. The normalized spacial score (nSPS) is 11.7. The molecule has 0 radical (unpaired) electrons. The van der Waals surface area contributed by atoms with Crippen molar-refractivity contribution in [3.8, 4) is 34.0 Å². The van der Waals surface area contributed by atoms with Crippen LogP contribution in [0.1, 0.15) is 5.56 Å². The van der Waals surface area contributed by atoms with Crippen molar-refractivity contribution in [2.45, 2.75) is 0 Å². The highest BCUT2D eigenvalue weighted by molar-refractivity contribution is 6.23. The van der Waals surface area contributed by atoms with Crippen LogP contribution in [0.3, 0.4) is 0 Å². The van der Waals surface area contributed by atoms with Crippen LogP contribution in [-0.2, 0) is 0 Å². The van der Waals surface area contributed by atoms with E-state index < -0.39 is 0 Å². The molecule has 43 heavy (non-hydrogen) atoms. The van der Waals surface area contributed by atoms with Crippen LogP contribution in [0, 0.1) is 11.3 Å². The van der Waals surface area contributed by atoms with E-state index in [1.54, 1.807) is 0 Å². The van der Waals surface area contributed by atoms with Crippen LogP contribution in [0.4, 0.5) is 0 Å². The number of nitrogens with zero attached hydrogens (tertiary/aromatic N) is 2. The molecule has 0 bridgehead atoms. The molecule has 0 aliphatic rings.